The Labute approximate surface area is 125 Å². The van der Waals surface area contributed by atoms with E-state index in [1.54, 1.807) is 30.5 Å². The predicted molar refractivity (Wildman–Crippen MR) is 82.0 cm³/mol. The summed E-state index contributed by atoms with van der Waals surface area (Å²) in [5.41, 5.74) is 8.32. The van der Waals surface area contributed by atoms with Crippen molar-refractivity contribution in [3.63, 3.8) is 0 Å². The van der Waals surface area contributed by atoms with Crippen molar-refractivity contribution in [2.45, 2.75) is 31.3 Å². The first-order valence-corrected chi connectivity index (χ1v) is 8.14. The summed E-state index contributed by atoms with van der Waals surface area (Å²) in [4.78, 5) is 4.39. The number of aryl methyl sites for hydroxylation is 1. The van der Waals surface area contributed by atoms with Crippen LogP contribution in [-0.4, -0.2) is 13.4 Å². The van der Waals surface area contributed by atoms with E-state index in [-0.39, 0.29) is 17.5 Å². The second kappa shape index (κ2) is 6.34. The number of rotatable bonds is 5. The van der Waals surface area contributed by atoms with Gasteiger partial charge in [-0.1, -0.05) is 18.2 Å². The third-order valence-corrected chi connectivity index (χ3v) is 4.68. The molecule has 1 heterocycles. The topological polar surface area (TPSA) is 85.1 Å². The van der Waals surface area contributed by atoms with Crippen molar-refractivity contribution in [2.75, 3.05) is 0 Å². The molecule has 3 N–H and O–H groups in total. The maximum Gasteiger partial charge on any atom is 0.240 e. The number of nitrogens with one attached hydrogen (secondary N) is 1. The zero-order valence-corrected chi connectivity index (χ0v) is 12.9. The molecule has 21 heavy (non-hydrogen) atoms. The van der Waals surface area contributed by atoms with Gasteiger partial charge in [-0.2, -0.15) is 0 Å². The van der Waals surface area contributed by atoms with Crippen LogP contribution in [0.5, 0.6) is 0 Å². The number of hydrogen-bond acceptors (Lipinski definition) is 4. The molecule has 0 saturated heterocycles. The minimum Gasteiger partial charge on any atom is -0.324 e. The molecule has 2 aromatic rings. The first-order chi connectivity index (χ1) is 9.90. The molecule has 1 aromatic carbocycles. The normalized spacial score (nSPS) is 13.1. The second-order valence-electron chi connectivity index (χ2n) is 4.95. The summed E-state index contributed by atoms with van der Waals surface area (Å²) in [7, 11) is -3.55. The van der Waals surface area contributed by atoms with Crippen molar-refractivity contribution in [1.82, 2.24) is 9.71 Å². The Hall–Kier alpha value is -1.76. The Balaban J connectivity index is 2.13. The molecular formula is C15H19N3O2S. The Bertz CT molecular complexity index is 710. The smallest absolute Gasteiger partial charge is 0.240 e. The lowest BCUT2D eigenvalue weighted by atomic mass is 10.1. The Kier molecular flexibility index (Phi) is 4.72. The van der Waals surface area contributed by atoms with Gasteiger partial charge in [-0.25, -0.2) is 13.1 Å². The lowest BCUT2D eigenvalue weighted by molar-refractivity contribution is 0.580. The molecule has 0 aliphatic rings. The van der Waals surface area contributed by atoms with Crippen molar-refractivity contribution in [3.8, 4) is 0 Å². The van der Waals surface area contributed by atoms with Crippen LogP contribution in [0.4, 0.5) is 0 Å². The van der Waals surface area contributed by atoms with Crippen LogP contribution in [0.3, 0.4) is 0 Å². The molecule has 5 nitrogen and oxygen atoms in total. The number of pyridine rings is 1. The summed E-state index contributed by atoms with van der Waals surface area (Å²) in [6.45, 7) is 3.92. The van der Waals surface area contributed by atoms with Crippen LogP contribution in [0.25, 0.3) is 0 Å². The number of sulfonamides is 1. The van der Waals surface area contributed by atoms with E-state index in [0.717, 1.165) is 11.1 Å². The largest absolute Gasteiger partial charge is 0.324 e. The zero-order valence-electron chi connectivity index (χ0n) is 12.1. The zero-order chi connectivity index (χ0) is 15.5. The van der Waals surface area contributed by atoms with Gasteiger partial charge in [-0.05, 0) is 43.2 Å². The molecular weight excluding hydrogens is 286 g/mol. The molecule has 0 bridgehead atoms. The van der Waals surface area contributed by atoms with Gasteiger partial charge in [0.1, 0.15) is 0 Å². The SMILES string of the molecule is Cc1cccnc1CNS(=O)(=O)c1ccc(C(C)N)cc1. The summed E-state index contributed by atoms with van der Waals surface area (Å²) < 4.78 is 27.0. The molecule has 6 heteroatoms. The number of nitrogens with two attached hydrogens (primary N) is 1. The van der Waals surface area contributed by atoms with Crippen LogP contribution < -0.4 is 10.5 Å². The first kappa shape index (κ1) is 15.6. The molecule has 112 valence electrons. The summed E-state index contributed by atoms with van der Waals surface area (Å²) in [6.07, 6.45) is 1.65. The van der Waals surface area contributed by atoms with E-state index < -0.39 is 10.0 Å². The second-order valence-corrected chi connectivity index (χ2v) is 6.72. The highest BCUT2D eigenvalue weighted by atomic mass is 32.2. The number of nitrogens with zero attached hydrogens (tertiary/aromatic N) is 1. The molecule has 1 aromatic heterocycles. The van der Waals surface area contributed by atoms with Gasteiger partial charge in [0.15, 0.2) is 0 Å². The molecule has 1 atom stereocenters. The third kappa shape index (κ3) is 3.87. The third-order valence-electron chi connectivity index (χ3n) is 3.26. The Morgan fingerprint density at radius 2 is 1.90 bits per heavy atom. The van der Waals surface area contributed by atoms with Gasteiger partial charge in [0.2, 0.25) is 10.0 Å². The van der Waals surface area contributed by atoms with E-state index in [1.165, 1.54) is 0 Å². The van der Waals surface area contributed by atoms with Gasteiger partial charge in [0.25, 0.3) is 0 Å². The monoisotopic (exact) mass is 305 g/mol. The summed E-state index contributed by atoms with van der Waals surface area (Å²) in [6, 6.07) is 10.2. The van der Waals surface area contributed by atoms with Gasteiger partial charge >= 0.3 is 0 Å². The van der Waals surface area contributed by atoms with Crippen LogP contribution in [0.15, 0.2) is 47.5 Å². The van der Waals surface area contributed by atoms with Crippen molar-refractivity contribution in [2.24, 2.45) is 5.73 Å². The van der Waals surface area contributed by atoms with Crippen LogP contribution in [0, 0.1) is 6.92 Å². The minimum absolute atomic E-state index is 0.120. The maximum absolute atomic E-state index is 12.2. The average molecular weight is 305 g/mol. The molecule has 2 rings (SSSR count). The van der Waals surface area contributed by atoms with Gasteiger partial charge in [-0.3, -0.25) is 4.98 Å². The number of benzene rings is 1. The fourth-order valence-electron chi connectivity index (χ4n) is 1.90. The van der Waals surface area contributed by atoms with Crippen molar-refractivity contribution in [1.29, 1.82) is 0 Å². The average Bonchev–Trinajstić information content (AvgIpc) is 2.46. The molecule has 0 spiro atoms. The van der Waals surface area contributed by atoms with E-state index in [2.05, 4.69) is 9.71 Å². The number of aromatic nitrogens is 1. The summed E-state index contributed by atoms with van der Waals surface area (Å²) in [5.74, 6) is 0. The molecule has 0 amide bonds. The highest BCUT2D eigenvalue weighted by Crippen LogP contribution is 2.15. The van der Waals surface area contributed by atoms with Crippen LogP contribution in [0.2, 0.25) is 0 Å². The van der Waals surface area contributed by atoms with E-state index in [9.17, 15) is 8.42 Å². The van der Waals surface area contributed by atoms with Crippen molar-refractivity contribution >= 4 is 10.0 Å². The first-order valence-electron chi connectivity index (χ1n) is 6.66. The van der Waals surface area contributed by atoms with Crippen LogP contribution in [0.1, 0.15) is 29.8 Å². The molecule has 0 aliphatic carbocycles. The van der Waals surface area contributed by atoms with Gasteiger partial charge in [0.05, 0.1) is 17.1 Å². The van der Waals surface area contributed by atoms with Crippen molar-refractivity contribution < 1.29 is 8.42 Å². The maximum atomic E-state index is 12.2. The molecule has 0 radical (unpaired) electrons. The predicted octanol–water partition coefficient (Wildman–Crippen LogP) is 1.89. The van der Waals surface area contributed by atoms with E-state index >= 15 is 0 Å². The summed E-state index contributed by atoms with van der Waals surface area (Å²) >= 11 is 0. The standard InChI is InChI=1S/C15H19N3O2S/c1-11-4-3-9-17-15(11)10-18-21(19,20)14-7-5-13(6-8-14)12(2)16/h3-9,12,18H,10,16H2,1-2H3. The highest BCUT2D eigenvalue weighted by Gasteiger charge is 2.14. The Morgan fingerprint density at radius 1 is 1.24 bits per heavy atom. The molecule has 0 saturated carbocycles. The van der Waals surface area contributed by atoms with Crippen LogP contribution in [-0.2, 0) is 16.6 Å². The molecule has 1 unspecified atom stereocenters. The molecule has 0 fully saturated rings. The summed E-state index contributed by atoms with van der Waals surface area (Å²) in [5, 5.41) is 0. The lowest BCUT2D eigenvalue weighted by Crippen LogP contribution is -2.24. The quantitative estimate of drug-likeness (QED) is 0.883. The highest BCUT2D eigenvalue weighted by molar-refractivity contribution is 7.89. The fourth-order valence-corrected chi connectivity index (χ4v) is 2.89. The van der Waals surface area contributed by atoms with Crippen LogP contribution >= 0.6 is 0 Å². The lowest BCUT2D eigenvalue weighted by Gasteiger charge is -2.10. The minimum atomic E-state index is -3.55. The van der Waals surface area contributed by atoms with Gasteiger partial charge < -0.3 is 5.73 Å². The van der Waals surface area contributed by atoms with Gasteiger partial charge in [-0.15, -0.1) is 0 Å². The number of hydrogen-bond donors (Lipinski definition) is 2. The van der Waals surface area contributed by atoms with Crippen molar-refractivity contribution in [3.05, 3.63) is 59.4 Å². The van der Waals surface area contributed by atoms with Gasteiger partial charge in [0, 0.05) is 12.2 Å². The Morgan fingerprint density at radius 3 is 2.48 bits per heavy atom. The molecule has 0 aliphatic heterocycles. The van der Waals surface area contributed by atoms with E-state index in [1.807, 2.05) is 26.0 Å². The fraction of sp³-hybridized carbons (Fsp3) is 0.267. The van der Waals surface area contributed by atoms with E-state index in [4.69, 9.17) is 5.73 Å². The van der Waals surface area contributed by atoms with E-state index in [0.29, 0.717) is 5.69 Å².